The summed E-state index contributed by atoms with van der Waals surface area (Å²) in [5, 5.41) is 5.75. The highest BCUT2D eigenvalue weighted by molar-refractivity contribution is 6.06. The van der Waals surface area contributed by atoms with Gasteiger partial charge >= 0.3 is 0 Å². The number of nitrogens with zero attached hydrogens (tertiary/aromatic N) is 2. The molecule has 0 unspecified atom stereocenters. The van der Waals surface area contributed by atoms with Crippen molar-refractivity contribution in [3.63, 3.8) is 0 Å². The number of nitrogens with one attached hydrogen (secondary N) is 2. The van der Waals surface area contributed by atoms with Gasteiger partial charge in [-0.05, 0) is 70.4 Å². The molecular weight excluding hydrogens is 352 g/mol. The van der Waals surface area contributed by atoms with Gasteiger partial charge in [0.25, 0.3) is 11.8 Å². The molecule has 0 fully saturated rings. The molecule has 0 saturated carbocycles. The highest BCUT2D eigenvalue weighted by Crippen LogP contribution is 2.18. The van der Waals surface area contributed by atoms with Crippen molar-refractivity contribution in [2.24, 2.45) is 0 Å². The van der Waals surface area contributed by atoms with Crippen LogP contribution in [0.5, 0.6) is 0 Å². The Balaban J connectivity index is 2.01. The van der Waals surface area contributed by atoms with E-state index in [1.165, 1.54) is 0 Å². The second kappa shape index (κ2) is 10.5. The molecule has 0 aromatic heterocycles. The minimum Gasteiger partial charge on any atom is -0.372 e. The minimum absolute atomic E-state index is 0.180. The monoisotopic (exact) mass is 382 g/mol. The van der Waals surface area contributed by atoms with Gasteiger partial charge in [-0.3, -0.25) is 9.59 Å². The third-order valence-electron chi connectivity index (χ3n) is 4.49. The van der Waals surface area contributed by atoms with Gasteiger partial charge in [0.05, 0.1) is 0 Å². The van der Waals surface area contributed by atoms with E-state index in [0.29, 0.717) is 17.7 Å². The van der Waals surface area contributed by atoms with Crippen molar-refractivity contribution in [3.05, 3.63) is 59.7 Å². The largest absolute Gasteiger partial charge is 0.372 e. The number of amides is 2. The van der Waals surface area contributed by atoms with Crippen LogP contribution >= 0.6 is 0 Å². The Bertz CT molecular complexity index is 783. The van der Waals surface area contributed by atoms with E-state index in [1.54, 1.807) is 24.3 Å². The van der Waals surface area contributed by atoms with Crippen LogP contribution in [-0.2, 0) is 0 Å². The molecule has 0 radical (unpaired) electrons. The SMILES string of the molecule is CCN(CC)c1ccc(NC(=O)c2cccc(C(=O)NCCN(C)C)c2)cc1. The van der Waals surface area contributed by atoms with E-state index in [9.17, 15) is 9.59 Å². The van der Waals surface area contributed by atoms with Crippen LogP contribution in [0.15, 0.2) is 48.5 Å². The van der Waals surface area contributed by atoms with Crippen molar-refractivity contribution in [3.8, 4) is 0 Å². The fraction of sp³-hybridized carbons (Fsp3) is 0.364. The van der Waals surface area contributed by atoms with Crippen LogP contribution in [-0.4, -0.2) is 57.0 Å². The molecule has 150 valence electrons. The molecule has 0 heterocycles. The molecule has 6 heteroatoms. The second-order valence-corrected chi connectivity index (χ2v) is 6.81. The first-order chi connectivity index (χ1) is 13.4. The minimum atomic E-state index is -0.237. The van der Waals surface area contributed by atoms with E-state index >= 15 is 0 Å². The fourth-order valence-corrected chi connectivity index (χ4v) is 2.84. The predicted molar refractivity (Wildman–Crippen MR) is 115 cm³/mol. The summed E-state index contributed by atoms with van der Waals surface area (Å²) < 4.78 is 0. The normalized spacial score (nSPS) is 10.6. The Hall–Kier alpha value is -2.86. The van der Waals surface area contributed by atoms with Gasteiger partial charge < -0.3 is 20.4 Å². The summed E-state index contributed by atoms with van der Waals surface area (Å²) in [6.45, 7) is 7.42. The first-order valence-electron chi connectivity index (χ1n) is 9.64. The summed E-state index contributed by atoms with van der Waals surface area (Å²) in [7, 11) is 3.90. The van der Waals surface area contributed by atoms with Crippen LogP contribution in [0, 0.1) is 0 Å². The topological polar surface area (TPSA) is 64.7 Å². The molecule has 0 spiro atoms. The lowest BCUT2D eigenvalue weighted by atomic mass is 10.1. The maximum Gasteiger partial charge on any atom is 0.255 e. The molecule has 2 N–H and O–H groups in total. The number of benzene rings is 2. The van der Waals surface area contributed by atoms with Crippen LogP contribution in [0.4, 0.5) is 11.4 Å². The summed E-state index contributed by atoms with van der Waals surface area (Å²) in [6, 6.07) is 14.5. The van der Waals surface area contributed by atoms with E-state index < -0.39 is 0 Å². The van der Waals surface area contributed by atoms with Crippen molar-refractivity contribution < 1.29 is 9.59 Å². The Labute approximate surface area is 167 Å². The number of rotatable bonds is 9. The van der Waals surface area contributed by atoms with E-state index in [-0.39, 0.29) is 11.8 Å². The zero-order chi connectivity index (χ0) is 20.5. The molecule has 2 rings (SSSR count). The van der Waals surface area contributed by atoms with Crippen LogP contribution in [0.3, 0.4) is 0 Å². The van der Waals surface area contributed by atoms with E-state index in [1.807, 2.05) is 43.3 Å². The summed E-state index contributed by atoms with van der Waals surface area (Å²) in [5.74, 6) is -0.418. The van der Waals surface area contributed by atoms with Crippen molar-refractivity contribution in [1.29, 1.82) is 0 Å². The van der Waals surface area contributed by atoms with Gasteiger partial charge in [0.2, 0.25) is 0 Å². The van der Waals surface area contributed by atoms with Gasteiger partial charge in [-0.15, -0.1) is 0 Å². The average Bonchev–Trinajstić information content (AvgIpc) is 2.70. The highest BCUT2D eigenvalue weighted by Gasteiger charge is 2.11. The number of hydrogen-bond donors (Lipinski definition) is 2. The lowest BCUT2D eigenvalue weighted by Crippen LogP contribution is -2.31. The average molecular weight is 383 g/mol. The molecule has 2 amide bonds. The zero-order valence-electron chi connectivity index (χ0n) is 17.2. The molecule has 0 aliphatic rings. The Morgan fingerprint density at radius 2 is 1.50 bits per heavy atom. The van der Waals surface area contributed by atoms with Gasteiger partial charge in [-0.2, -0.15) is 0 Å². The van der Waals surface area contributed by atoms with E-state index in [4.69, 9.17) is 0 Å². The first-order valence-corrected chi connectivity index (χ1v) is 9.64. The molecule has 2 aromatic rings. The van der Waals surface area contributed by atoms with Crippen LogP contribution in [0.1, 0.15) is 34.6 Å². The molecule has 0 atom stereocenters. The molecule has 28 heavy (non-hydrogen) atoms. The van der Waals surface area contributed by atoms with Crippen molar-refractivity contribution >= 4 is 23.2 Å². The van der Waals surface area contributed by atoms with Gasteiger partial charge in [0.15, 0.2) is 0 Å². The van der Waals surface area contributed by atoms with Gasteiger partial charge in [-0.25, -0.2) is 0 Å². The Morgan fingerprint density at radius 1 is 0.893 bits per heavy atom. The van der Waals surface area contributed by atoms with Gasteiger partial charge in [0, 0.05) is 48.7 Å². The first kappa shape index (κ1) is 21.4. The molecule has 0 aliphatic carbocycles. The second-order valence-electron chi connectivity index (χ2n) is 6.81. The smallest absolute Gasteiger partial charge is 0.255 e. The standard InChI is InChI=1S/C22H30N4O2/c1-5-26(6-2)20-12-10-19(11-13-20)24-22(28)18-9-7-8-17(16-18)21(27)23-14-15-25(3)4/h7-13,16H,5-6,14-15H2,1-4H3,(H,23,27)(H,24,28). The van der Waals surface area contributed by atoms with E-state index in [0.717, 1.165) is 31.0 Å². The highest BCUT2D eigenvalue weighted by atomic mass is 16.2. The summed E-state index contributed by atoms with van der Waals surface area (Å²) in [4.78, 5) is 29.1. The van der Waals surface area contributed by atoms with Crippen LogP contribution in [0.2, 0.25) is 0 Å². The predicted octanol–water partition coefficient (Wildman–Crippen LogP) is 3.08. The summed E-state index contributed by atoms with van der Waals surface area (Å²) in [5.41, 5.74) is 2.78. The molecular formula is C22H30N4O2. The lowest BCUT2D eigenvalue weighted by molar-refractivity contribution is 0.0951. The fourth-order valence-electron chi connectivity index (χ4n) is 2.84. The van der Waals surface area contributed by atoms with Gasteiger partial charge in [0.1, 0.15) is 0 Å². The number of anilines is 2. The van der Waals surface area contributed by atoms with Crippen LogP contribution < -0.4 is 15.5 Å². The summed E-state index contributed by atoms with van der Waals surface area (Å²) in [6.07, 6.45) is 0. The number of carbonyl (C=O) groups excluding carboxylic acids is 2. The lowest BCUT2D eigenvalue weighted by Gasteiger charge is -2.21. The Kier molecular flexibility index (Phi) is 8.02. The Morgan fingerprint density at radius 3 is 2.07 bits per heavy atom. The molecule has 0 bridgehead atoms. The zero-order valence-corrected chi connectivity index (χ0v) is 17.2. The molecule has 0 saturated heterocycles. The molecule has 2 aromatic carbocycles. The van der Waals surface area contributed by atoms with Crippen molar-refractivity contribution in [1.82, 2.24) is 10.2 Å². The third kappa shape index (κ3) is 6.09. The quantitative estimate of drug-likeness (QED) is 0.700. The summed E-state index contributed by atoms with van der Waals surface area (Å²) >= 11 is 0. The van der Waals surface area contributed by atoms with Crippen molar-refractivity contribution in [2.75, 3.05) is 50.5 Å². The van der Waals surface area contributed by atoms with Crippen molar-refractivity contribution in [2.45, 2.75) is 13.8 Å². The maximum atomic E-state index is 12.6. The maximum absolute atomic E-state index is 12.6. The third-order valence-corrected chi connectivity index (χ3v) is 4.49. The van der Waals surface area contributed by atoms with Crippen LogP contribution in [0.25, 0.3) is 0 Å². The van der Waals surface area contributed by atoms with E-state index in [2.05, 4.69) is 29.4 Å². The molecule has 6 nitrogen and oxygen atoms in total. The number of hydrogen-bond acceptors (Lipinski definition) is 4. The van der Waals surface area contributed by atoms with Gasteiger partial charge in [-0.1, -0.05) is 6.07 Å². The molecule has 0 aliphatic heterocycles. The number of carbonyl (C=O) groups is 2. The number of likely N-dealkylation sites (N-methyl/N-ethyl adjacent to an activating group) is 1.